The number of piperidine rings is 1. The van der Waals surface area contributed by atoms with E-state index in [2.05, 4.69) is 0 Å². The van der Waals surface area contributed by atoms with E-state index >= 15 is 0 Å². The molecule has 2 saturated heterocycles. The number of nitrogens with two attached hydrogens (primary N) is 1. The molecule has 0 bridgehead atoms. The van der Waals surface area contributed by atoms with Gasteiger partial charge in [-0.25, -0.2) is 0 Å². The van der Waals surface area contributed by atoms with Gasteiger partial charge >= 0.3 is 5.97 Å². The second-order valence-electron chi connectivity index (χ2n) is 6.64. The monoisotopic (exact) mass is 360 g/mol. The third kappa shape index (κ3) is 3.44. The van der Waals surface area contributed by atoms with Crippen LogP contribution in [-0.4, -0.2) is 71.4 Å². The van der Waals surface area contributed by atoms with Crippen molar-refractivity contribution in [2.75, 3.05) is 32.8 Å². The highest BCUT2D eigenvalue weighted by atomic mass is 16.7. The maximum atomic E-state index is 12.6. The number of carbonyl (C=O) groups excluding carboxylic acids is 2. The first-order valence-corrected chi connectivity index (χ1v) is 8.17. The number of carboxylic acids is 1. The van der Waals surface area contributed by atoms with Crippen molar-refractivity contribution >= 4 is 23.5 Å². The van der Waals surface area contributed by atoms with Crippen LogP contribution in [0.5, 0.6) is 0 Å². The predicted octanol–water partition coefficient (Wildman–Crippen LogP) is -0.296. The maximum absolute atomic E-state index is 12.6. The van der Waals surface area contributed by atoms with E-state index in [0.29, 0.717) is 24.1 Å². The number of ketones is 1. The number of benzene rings is 1. The summed E-state index contributed by atoms with van der Waals surface area (Å²) in [6, 6.07) is 6.36. The summed E-state index contributed by atoms with van der Waals surface area (Å²) in [5, 5.41) is 17.5. The lowest BCUT2D eigenvalue weighted by atomic mass is 9.78. The van der Waals surface area contributed by atoms with Gasteiger partial charge in [0, 0.05) is 24.2 Å². The Bertz CT molecular complexity index is 763. The number of nitrogen functional groups attached to an aromatic ring is 1. The number of carbonyl (C=O) groups is 3. The van der Waals surface area contributed by atoms with Crippen molar-refractivity contribution in [3.63, 3.8) is 0 Å². The summed E-state index contributed by atoms with van der Waals surface area (Å²) in [6.07, 6.45) is 0.430. The highest BCUT2D eigenvalue weighted by Gasteiger charge is 2.49. The van der Waals surface area contributed by atoms with Crippen molar-refractivity contribution in [1.82, 2.24) is 9.96 Å². The molecule has 138 valence electrons. The van der Waals surface area contributed by atoms with Crippen LogP contribution in [0.25, 0.3) is 0 Å². The zero-order valence-corrected chi connectivity index (χ0v) is 14.1. The molecule has 2 aliphatic heterocycles. The SMILES string of the molecule is N=C(N)c1ccc(C(=O)N2CCC3(CON(CC(=O)O)C3)C(=O)C2)cc1. The molecule has 1 aromatic carbocycles. The van der Waals surface area contributed by atoms with E-state index in [-0.39, 0.29) is 43.8 Å². The fourth-order valence-corrected chi connectivity index (χ4v) is 3.27. The number of hydrogen-bond donors (Lipinski definition) is 3. The quantitative estimate of drug-likeness (QED) is 0.495. The highest BCUT2D eigenvalue weighted by Crippen LogP contribution is 2.35. The first-order valence-electron chi connectivity index (χ1n) is 8.17. The average Bonchev–Trinajstić information content (AvgIpc) is 3.00. The van der Waals surface area contributed by atoms with Crippen molar-refractivity contribution in [3.05, 3.63) is 35.4 Å². The Morgan fingerprint density at radius 3 is 2.50 bits per heavy atom. The second-order valence-corrected chi connectivity index (χ2v) is 6.64. The summed E-state index contributed by atoms with van der Waals surface area (Å²) in [4.78, 5) is 42.9. The molecule has 2 fully saturated rings. The molecule has 1 spiro atoms. The first-order chi connectivity index (χ1) is 12.3. The molecule has 1 amide bonds. The Morgan fingerprint density at radius 1 is 1.27 bits per heavy atom. The molecule has 26 heavy (non-hydrogen) atoms. The van der Waals surface area contributed by atoms with Crippen LogP contribution in [-0.2, 0) is 14.4 Å². The van der Waals surface area contributed by atoms with Crippen LogP contribution in [0.15, 0.2) is 24.3 Å². The molecule has 1 atom stereocenters. The van der Waals surface area contributed by atoms with Crippen molar-refractivity contribution in [3.8, 4) is 0 Å². The van der Waals surface area contributed by atoms with Gasteiger partial charge in [-0.05, 0) is 18.6 Å². The number of amidine groups is 1. The van der Waals surface area contributed by atoms with Crippen molar-refractivity contribution in [2.24, 2.45) is 11.1 Å². The van der Waals surface area contributed by atoms with E-state index in [4.69, 9.17) is 21.1 Å². The molecule has 0 saturated carbocycles. The molecule has 0 aliphatic carbocycles. The van der Waals surface area contributed by atoms with Gasteiger partial charge in [0.15, 0.2) is 5.78 Å². The van der Waals surface area contributed by atoms with E-state index in [1.54, 1.807) is 24.3 Å². The minimum absolute atomic E-state index is 0.0302. The van der Waals surface area contributed by atoms with E-state index in [1.807, 2.05) is 0 Å². The fraction of sp³-hybridized carbons (Fsp3) is 0.412. The van der Waals surface area contributed by atoms with Crippen LogP contribution in [0.3, 0.4) is 0 Å². The van der Waals surface area contributed by atoms with Crippen molar-refractivity contribution in [1.29, 1.82) is 5.41 Å². The lowest BCUT2D eigenvalue weighted by Crippen LogP contribution is -2.52. The summed E-state index contributed by atoms with van der Waals surface area (Å²) < 4.78 is 0. The van der Waals surface area contributed by atoms with Gasteiger partial charge in [0.05, 0.1) is 18.6 Å². The van der Waals surface area contributed by atoms with Gasteiger partial charge in [-0.1, -0.05) is 12.1 Å². The summed E-state index contributed by atoms with van der Waals surface area (Å²) in [6.45, 7) is 0.461. The number of aliphatic carboxylic acids is 1. The number of hydrogen-bond acceptors (Lipinski definition) is 6. The number of amides is 1. The maximum Gasteiger partial charge on any atom is 0.320 e. The van der Waals surface area contributed by atoms with E-state index in [0.717, 1.165) is 0 Å². The Balaban J connectivity index is 1.65. The van der Waals surface area contributed by atoms with Gasteiger partial charge in [-0.2, -0.15) is 5.06 Å². The van der Waals surface area contributed by atoms with Crippen LogP contribution in [0, 0.1) is 10.8 Å². The molecule has 9 heteroatoms. The molecule has 0 aromatic heterocycles. The lowest BCUT2D eigenvalue weighted by molar-refractivity contribution is -0.156. The number of rotatable bonds is 4. The number of hydroxylamine groups is 2. The fourth-order valence-electron chi connectivity index (χ4n) is 3.27. The van der Waals surface area contributed by atoms with Crippen molar-refractivity contribution < 1.29 is 24.3 Å². The zero-order chi connectivity index (χ0) is 18.9. The molecular weight excluding hydrogens is 340 g/mol. The summed E-state index contributed by atoms with van der Waals surface area (Å²) in [5.41, 5.74) is 5.60. The largest absolute Gasteiger partial charge is 0.480 e. The Labute approximate surface area is 149 Å². The van der Waals surface area contributed by atoms with E-state index in [9.17, 15) is 14.4 Å². The van der Waals surface area contributed by atoms with Crippen molar-refractivity contribution in [2.45, 2.75) is 6.42 Å². The molecular formula is C17H20N4O5. The topological polar surface area (TPSA) is 137 Å². The van der Waals surface area contributed by atoms with Gasteiger partial charge in [-0.3, -0.25) is 24.6 Å². The molecule has 3 rings (SSSR count). The minimum Gasteiger partial charge on any atom is -0.480 e. The van der Waals surface area contributed by atoms with Gasteiger partial charge in [0.25, 0.3) is 5.91 Å². The van der Waals surface area contributed by atoms with Gasteiger partial charge in [0.1, 0.15) is 12.4 Å². The smallest absolute Gasteiger partial charge is 0.320 e. The van der Waals surface area contributed by atoms with E-state index < -0.39 is 11.4 Å². The zero-order valence-electron chi connectivity index (χ0n) is 14.1. The summed E-state index contributed by atoms with van der Waals surface area (Å²) in [7, 11) is 0. The molecule has 0 radical (unpaired) electrons. The van der Waals surface area contributed by atoms with Gasteiger partial charge in [-0.15, -0.1) is 0 Å². The molecule has 1 unspecified atom stereocenters. The number of carboxylic acid groups (broad SMARTS) is 1. The normalized spacial score (nSPS) is 23.4. The predicted molar refractivity (Wildman–Crippen MR) is 90.6 cm³/mol. The molecule has 9 nitrogen and oxygen atoms in total. The number of Topliss-reactive ketones (excluding diaryl/α,β-unsaturated/α-hetero) is 1. The van der Waals surface area contributed by atoms with Gasteiger partial charge < -0.3 is 15.7 Å². The third-order valence-electron chi connectivity index (χ3n) is 4.83. The Hall–Kier alpha value is -2.78. The number of nitrogens with one attached hydrogen (secondary N) is 1. The summed E-state index contributed by atoms with van der Waals surface area (Å²) in [5.74, 6) is -1.47. The minimum atomic E-state index is -1.02. The molecule has 2 heterocycles. The van der Waals surface area contributed by atoms with Crippen LogP contribution in [0.2, 0.25) is 0 Å². The van der Waals surface area contributed by atoms with Crippen LogP contribution < -0.4 is 5.73 Å². The van der Waals surface area contributed by atoms with Gasteiger partial charge in [0.2, 0.25) is 0 Å². The van der Waals surface area contributed by atoms with Crippen LogP contribution >= 0.6 is 0 Å². The second kappa shape index (κ2) is 6.85. The third-order valence-corrected chi connectivity index (χ3v) is 4.83. The highest BCUT2D eigenvalue weighted by molar-refractivity contribution is 6.00. The standard InChI is InChI=1S/C17H20N4O5/c18-15(19)11-1-3-12(4-2-11)16(25)20-6-5-17(13(22)7-20)9-21(26-10-17)8-14(23)24/h1-4H,5-10H2,(H3,18,19)(H,23,24). The summed E-state index contributed by atoms with van der Waals surface area (Å²) >= 11 is 0. The average molecular weight is 360 g/mol. The van der Waals surface area contributed by atoms with E-state index in [1.165, 1.54) is 9.96 Å². The molecule has 1 aromatic rings. The molecule has 2 aliphatic rings. The Kier molecular flexibility index (Phi) is 4.75. The molecule has 4 N–H and O–H groups in total. The number of likely N-dealkylation sites (tertiary alicyclic amines) is 1. The lowest BCUT2D eigenvalue weighted by Gasteiger charge is -2.36. The Morgan fingerprint density at radius 2 is 1.92 bits per heavy atom. The number of nitrogens with zero attached hydrogens (tertiary/aromatic N) is 2. The van der Waals surface area contributed by atoms with Crippen LogP contribution in [0.4, 0.5) is 0 Å². The van der Waals surface area contributed by atoms with Crippen LogP contribution in [0.1, 0.15) is 22.3 Å². The first kappa shape index (κ1) is 18.0.